The third-order valence-corrected chi connectivity index (χ3v) is 5.53. The number of hydrogen-bond donors (Lipinski definition) is 2. The molecule has 0 aliphatic carbocycles. The Morgan fingerprint density at radius 2 is 1.84 bits per heavy atom. The van der Waals surface area contributed by atoms with E-state index in [-0.39, 0.29) is 10.8 Å². The summed E-state index contributed by atoms with van der Waals surface area (Å²) in [6.07, 6.45) is 3.83. The first kappa shape index (κ1) is 19.8. The van der Waals surface area contributed by atoms with Crippen molar-refractivity contribution in [2.75, 3.05) is 33.3 Å². The number of carbonyl (C=O) groups is 1. The molecule has 0 saturated carbocycles. The van der Waals surface area contributed by atoms with Crippen molar-refractivity contribution in [1.82, 2.24) is 15.1 Å². The van der Waals surface area contributed by atoms with Crippen LogP contribution in [0.2, 0.25) is 0 Å². The largest absolute Gasteiger partial charge is 0.352 e. The van der Waals surface area contributed by atoms with Crippen LogP contribution in [0.4, 0.5) is 0 Å². The molecule has 1 unspecified atom stereocenters. The molecule has 7 nitrogen and oxygen atoms in total. The molecule has 1 saturated heterocycles. The number of nitrogens with zero attached hydrogens (tertiary/aromatic N) is 1. The highest BCUT2D eigenvalue weighted by Crippen LogP contribution is 2.12. The van der Waals surface area contributed by atoms with Crippen molar-refractivity contribution in [3.8, 4) is 0 Å². The maximum atomic E-state index is 12.2. The summed E-state index contributed by atoms with van der Waals surface area (Å²) in [7, 11) is -2.48. The molecule has 140 valence electrons. The van der Waals surface area contributed by atoms with Gasteiger partial charge in [0.2, 0.25) is 0 Å². The van der Waals surface area contributed by atoms with Crippen molar-refractivity contribution in [2.45, 2.75) is 31.1 Å². The maximum Gasteiger partial charge on any atom is 0.262 e. The van der Waals surface area contributed by atoms with Crippen molar-refractivity contribution < 1.29 is 18.0 Å². The second kappa shape index (κ2) is 9.28. The molecule has 1 amide bonds. The van der Waals surface area contributed by atoms with Crippen molar-refractivity contribution in [2.24, 2.45) is 5.92 Å². The van der Waals surface area contributed by atoms with Crippen molar-refractivity contribution in [3.05, 3.63) is 29.8 Å². The van der Waals surface area contributed by atoms with E-state index in [0.717, 1.165) is 19.6 Å². The molecule has 1 aliphatic rings. The van der Waals surface area contributed by atoms with Crippen molar-refractivity contribution in [3.63, 3.8) is 0 Å². The van der Waals surface area contributed by atoms with Gasteiger partial charge >= 0.3 is 0 Å². The molecule has 8 heteroatoms. The molecule has 0 radical (unpaired) electrons. The van der Waals surface area contributed by atoms with E-state index in [1.165, 1.54) is 50.6 Å². The lowest BCUT2D eigenvalue weighted by atomic mass is 10.1. The first-order valence-electron chi connectivity index (χ1n) is 8.58. The molecular weight excluding hydrogens is 342 g/mol. The summed E-state index contributed by atoms with van der Waals surface area (Å²) in [5.41, 5.74) is 0.432. The smallest absolute Gasteiger partial charge is 0.262 e. The van der Waals surface area contributed by atoms with E-state index in [0.29, 0.717) is 18.0 Å². The first-order valence-corrected chi connectivity index (χ1v) is 10.1. The van der Waals surface area contributed by atoms with Gasteiger partial charge in [-0.25, -0.2) is 8.42 Å². The zero-order chi connectivity index (χ0) is 18.3. The second-order valence-corrected chi connectivity index (χ2v) is 8.14. The highest BCUT2D eigenvalue weighted by molar-refractivity contribution is 7.89. The molecule has 1 heterocycles. The molecule has 0 spiro atoms. The van der Waals surface area contributed by atoms with E-state index < -0.39 is 10.0 Å². The molecule has 1 aliphatic heterocycles. The fourth-order valence-corrected chi connectivity index (χ4v) is 3.77. The summed E-state index contributed by atoms with van der Waals surface area (Å²) in [4.78, 5) is 21.1. The lowest BCUT2D eigenvalue weighted by Crippen LogP contribution is -2.38. The van der Waals surface area contributed by atoms with Crippen LogP contribution in [0.5, 0.6) is 0 Å². The van der Waals surface area contributed by atoms with E-state index in [1.54, 1.807) is 0 Å². The minimum Gasteiger partial charge on any atom is -0.352 e. The van der Waals surface area contributed by atoms with E-state index in [1.807, 2.05) is 4.89 Å². The molecule has 2 rings (SSSR count). The van der Waals surface area contributed by atoms with E-state index >= 15 is 0 Å². The number of likely N-dealkylation sites (tertiary alicyclic amines) is 1. The molecule has 1 aromatic carbocycles. The fraction of sp³-hybridized carbons (Fsp3) is 0.588. The Morgan fingerprint density at radius 1 is 1.20 bits per heavy atom. The molecule has 1 atom stereocenters. The van der Waals surface area contributed by atoms with Crippen LogP contribution < -0.4 is 10.2 Å². The Morgan fingerprint density at radius 3 is 2.44 bits per heavy atom. The summed E-state index contributed by atoms with van der Waals surface area (Å²) in [6.45, 7) is 6.00. The average Bonchev–Trinajstić information content (AvgIpc) is 2.60. The van der Waals surface area contributed by atoms with Crippen LogP contribution in [0.1, 0.15) is 36.5 Å². The number of benzene rings is 1. The standard InChI is InChI=1S/C17H27N3O4S/c1-14(13-20-10-4-3-5-11-20)12-18-17(21)15-6-8-16(9-7-15)25(22,23)19-24-2/h6-9,14,19H,3-5,10-13H2,1-2H3,(H,18,21). The predicted octanol–water partition coefficient (Wildman–Crippen LogP) is 1.38. The predicted molar refractivity (Wildman–Crippen MR) is 95.6 cm³/mol. The van der Waals surface area contributed by atoms with Crippen LogP contribution in [0.15, 0.2) is 29.2 Å². The second-order valence-electron chi connectivity index (χ2n) is 6.49. The van der Waals surface area contributed by atoms with Gasteiger partial charge in [-0.3, -0.25) is 9.63 Å². The molecule has 1 fully saturated rings. The van der Waals surface area contributed by atoms with Crippen LogP contribution in [-0.2, 0) is 14.9 Å². The highest BCUT2D eigenvalue weighted by atomic mass is 32.2. The van der Waals surface area contributed by atoms with Gasteiger partial charge in [-0.1, -0.05) is 18.2 Å². The van der Waals surface area contributed by atoms with Crippen LogP contribution >= 0.6 is 0 Å². The summed E-state index contributed by atoms with van der Waals surface area (Å²) < 4.78 is 23.6. The number of carbonyl (C=O) groups excluding carboxylic acids is 1. The molecule has 1 aromatic rings. The normalized spacial score (nSPS) is 17.2. The number of hydrogen-bond acceptors (Lipinski definition) is 5. The minimum absolute atomic E-state index is 0.0457. The van der Waals surface area contributed by atoms with Gasteiger partial charge in [0.05, 0.1) is 12.0 Å². The van der Waals surface area contributed by atoms with Gasteiger partial charge in [-0.05, 0) is 56.1 Å². The zero-order valence-corrected chi connectivity index (χ0v) is 15.6. The van der Waals surface area contributed by atoms with Gasteiger partial charge in [-0.2, -0.15) is 0 Å². The monoisotopic (exact) mass is 369 g/mol. The third-order valence-electron chi connectivity index (χ3n) is 4.25. The van der Waals surface area contributed by atoms with Crippen LogP contribution in [0.25, 0.3) is 0 Å². The Labute approximate surface area is 149 Å². The van der Waals surface area contributed by atoms with Gasteiger partial charge in [0.25, 0.3) is 15.9 Å². The number of rotatable bonds is 8. The summed E-state index contributed by atoms with van der Waals surface area (Å²) in [5.74, 6) is 0.168. The maximum absolute atomic E-state index is 12.2. The number of sulfonamides is 1. The Bertz CT molecular complexity index is 655. The fourth-order valence-electron chi connectivity index (χ4n) is 2.96. The van der Waals surface area contributed by atoms with E-state index in [2.05, 4.69) is 22.0 Å². The summed E-state index contributed by atoms with van der Waals surface area (Å²) >= 11 is 0. The molecular formula is C17H27N3O4S. The minimum atomic E-state index is -3.70. The van der Waals surface area contributed by atoms with E-state index in [9.17, 15) is 13.2 Å². The molecule has 2 N–H and O–H groups in total. The van der Waals surface area contributed by atoms with Crippen LogP contribution in [0.3, 0.4) is 0 Å². The quantitative estimate of drug-likeness (QED) is 0.676. The molecule has 25 heavy (non-hydrogen) atoms. The lowest BCUT2D eigenvalue weighted by Gasteiger charge is -2.29. The average molecular weight is 369 g/mol. The highest BCUT2D eigenvalue weighted by Gasteiger charge is 2.16. The summed E-state index contributed by atoms with van der Waals surface area (Å²) in [6, 6.07) is 5.75. The Kier molecular flexibility index (Phi) is 7.37. The topological polar surface area (TPSA) is 87.7 Å². The lowest BCUT2D eigenvalue weighted by molar-refractivity contribution is 0.0942. The number of amides is 1. The van der Waals surface area contributed by atoms with E-state index in [4.69, 9.17) is 0 Å². The van der Waals surface area contributed by atoms with Gasteiger partial charge < -0.3 is 10.2 Å². The van der Waals surface area contributed by atoms with Gasteiger partial charge in [-0.15, -0.1) is 0 Å². The Balaban J connectivity index is 1.84. The van der Waals surface area contributed by atoms with Crippen LogP contribution in [-0.4, -0.2) is 52.5 Å². The number of nitrogens with one attached hydrogen (secondary N) is 2. The van der Waals surface area contributed by atoms with Gasteiger partial charge in [0.1, 0.15) is 0 Å². The SMILES string of the molecule is CONS(=O)(=O)c1ccc(C(=O)NCC(C)CN2CCCCC2)cc1. The molecule has 0 bridgehead atoms. The summed E-state index contributed by atoms with van der Waals surface area (Å²) in [5, 5.41) is 2.92. The third kappa shape index (κ3) is 6.07. The zero-order valence-electron chi connectivity index (χ0n) is 14.8. The Hall–Kier alpha value is -1.48. The number of piperidine rings is 1. The van der Waals surface area contributed by atoms with Crippen LogP contribution in [0, 0.1) is 5.92 Å². The first-order chi connectivity index (χ1) is 11.9. The van der Waals surface area contributed by atoms with Gasteiger partial charge in [0.15, 0.2) is 0 Å². The van der Waals surface area contributed by atoms with Crippen molar-refractivity contribution >= 4 is 15.9 Å². The van der Waals surface area contributed by atoms with Gasteiger partial charge in [0, 0.05) is 18.7 Å². The molecule has 0 aromatic heterocycles. The van der Waals surface area contributed by atoms with Crippen molar-refractivity contribution in [1.29, 1.82) is 0 Å².